The topological polar surface area (TPSA) is 188 Å². The van der Waals surface area contributed by atoms with Gasteiger partial charge < -0.3 is 31.9 Å². The highest BCUT2D eigenvalue weighted by Crippen LogP contribution is 2.08. The molecule has 11 nitrogen and oxygen atoms in total. The summed E-state index contributed by atoms with van der Waals surface area (Å²) >= 11 is 4.06. The Kier molecular flexibility index (Phi) is 13.6. The summed E-state index contributed by atoms with van der Waals surface area (Å²) in [5, 5.41) is 25.5. The molecule has 0 saturated heterocycles. The van der Waals surface area contributed by atoms with Crippen LogP contribution in [0.2, 0.25) is 0 Å². The lowest BCUT2D eigenvalue weighted by molar-refractivity contribution is -0.143. The van der Waals surface area contributed by atoms with Crippen LogP contribution in [0, 0.1) is 11.8 Å². The van der Waals surface area contributed by atoms with Gasteiger partial charge in [-0.2, -0.15) is 12.6 Å². The Labute approximate surface area is 193 Å². The minimum absolute atomic E-state index is 0.0260. The predicted octanol–water partition coefficient (Wildman–Crippen LogP) is -0.260. The standard InChI is InChI=1S/C20H36N4O7S/c1-5-11(4)16(21)19(29)24-14(9-32)18(28)22-12(6-7-15(25)26)17(27)23-13(20(30)31)8-10(2)3/h10-14,16,32H,5-9,21H2,1-4H3,(H,22,28)(H,23,27)(H,24,29)(H,25,26)(H,30,31). The fourth-order valence-electron chi connectivity index (χ4n) is 2.75. The van der Waals surface area contributed by atoms with E-state index in [0.717, 1.165) is 0 Å². The number of hydrogen-bond acceptors (Lipinski definition) is 7. The maximum absolute atomic E-state index is 12.7. The summed E-state index contributed by atoms with van der Waals surface area (Å²) in [4.78, 5) is 60.0. The summed E-state index contributed by atoms with van der Waals surface area (Å²) in [6.07, 6.45) is 0.117. The van der Waals surface area contributed by atoms with Gasteiger partial charge in [0, 0.05) is 12.2 Å². The highest BCUT2D eigenvalue weighted by Gasteiger charge is 2.31. The maximum atomic E-state index is 12.7. The van der Waals surface area contributed by atoms with Crippen molar-refractivity contribution in [3.8, 4) is 0 Å². The molecule has 0 radical (unpaired) electrons. The van der Waals surface area contributed by atoms with Crippen molar-refractivity contribution in [3.63, 3.8) is 0 Å². The van der Waals surface area contributed by atoms with Crippen molar-refractivity contribution >= 4 is 42.3 Å². The van der Waals surface area contributed by atoms with E-state index >= 15 is 0 Å². The lowest BCUT2D eigenvalue weighted by Gasteiger charge is -2.25. The fourth-order valence-corrected chi connectivity index (χ4v) is 3.01. The van der Waals surface area contributed by atoms with Gasteiger partial charge in [0.05, 0.1) is 6.04 Å². The molecule has 7 N–H and O–H groups in total. The molecule has 5 unspecified atom stereocenters. The van der Waals surface area contributed by atoms with E-state index in [4.69, 9.17) is 10.8 Å². The van der Waals surface area contributed by atoms with Gasteiger partial charge in [-0.3, -0.25) is 19.2 Å². The Morgan fingerprint density at radius 2 is 1.38 bits per heavy atom. The Morgan fingerprint density at radius 3 is 1.81 bits per heavy atom. The third-order valence-electron chi connectivity index (χ3n) is 4.98. The molecule has 0 aliphatic rings. The van der Waals surface area contributed by atoms with Crippen molar-refractivity contribution in [2.75, 3.05) is 5.75 Å². The molecule has 0 rings (SSSR count). The Hall–Kier alpha value is -2.34. The van der Waals surface area contributed by atoms with Crippen molar-refractivity contribution in [1.82, 2.24) is 16.0 Å². The van der Waals surface area contributed by atoms with Crippen LogP contribution in [0.25, 0.3) is 0 Å². The van der Waals surface area contributed by atoms with Crippen LogP contribution in [0.4, 0.5) is 0 Å². The average Bonchev–Trinajstić information content (AvgIpc) is 2.71. The number of rotatable bonds is 15. The van der Waals surface area contributed by atoms with Crippen LogP contribution in [-0.4, -0.2) is 69.8 Å². The van der Waals surface area contributed by atoms with E-state index < -0.39 is 60.2 Å². The zero-order chi connectivity index (χ0) is 25.0. The minimum Gasteiger partial charge on any atom is -0.481 e. The molecule has 32 heavy (non-hydrogen) atoms. The number of carbonyl (C=O) groups is 5. The fraction of sp³-hybridized carbons (Fsp3) is 0.750. The highest BCUT2D eigenvalue weighted by atomic mass is 32.1. The van der Waals surface area contributed by atoms with Crippen LogP contribution < -0.4 is 21.7 Å². The van der Waals surface area contributed by atoms with Gasteiger partial charge in [-0.25, -0.2) is 4.79 Å². The number of nitrogens with one attached hydrogen (secondary N) is 3. The summed E-state index contributed by atoms with van der Waals surface area (Å²) in [5.74, 6) is -4.81. The Balaban J connectivity index is 5.37. The number of carboxylic acids is 2. The minimum atomic E-state index is -1.31. The molecule has 0 bridgehead atoms. The van der Waals surface area contributed by atoms with Crippen molar-refractivity contribution < 1.29 is 34.2 Å². The van der Waals surface area contributed by atoms with Crippen molar-refractivity contribution in [1.29, 1.82) is 0 Å². The van der Waals surface area contributed by atoms with Gasteiger partial charge in [0.2, 0.25) is 17.7 Å². The first-order chi connectivity index (χ1) is 14.8. The van der Waals surface area contributed by atoms with Crippen LogP contribution in [-0.2, 0) is 24.0 Å². The van der Waals surface area contributed by atoms with E-state index in [1.54, 1.807) is 20.8 Å². The highest BCUT2D eigenvalue weighted by molar-refractivity contribution is 7.80. The summed E-state index contributed by atoms with van der Waals surface area (Å²) in [6.45, 7) is 7.24. The number of thiol groups is 1. The molecule has 12 heteroatoms. The molecule has 0 spiro atoms. The first kappa shape index (κ1) is 29.7. The lowest BCUT2D eigenvalue weighted by Crippen LogP contribution is -2.58. The molecular weight excluding hydrogens is 440 g/mol. The van der Waals surface area contributed by atoms with E-state index in [9.17, 15) is 29.1 Å². The maximum Gasteiger partial charge on any atom is 0.326 e. The number of nitrogens with two attached hydrogens (primary N) is 1. The first-order valence-electron chi connectivity index (χ1n) is 10.6. The van der Waals surface area contributed by atoms with Gasteiger partial charge in [0.1, 0.15) is 18.1 Å². The second-order valence-electron chi connectivity index (χ2n) is 8.18. The zero-order valence-corrected chi connectivity index (χ0v) is 19.9. The summed E-state index contributed by atoms with van der Waals surface area (Å²) in [6, 6.07) is -4.46. The number of amides is 3. The van der Waals surface area contributed by atoms with Crippen molar-refractivity contribution in [3.05, 3.63) is 0 Å². The molecule has 0 saturated carbocycles. The Bertz CT molecular complexity index is 674. The molecule has 0 aromatic rings. The van der Waals surface area contributed by atoms with E-state index in [0.29, 0.717) is 6.42 Å². The molecular formula is C20H36N4O7S. The third-order valence-corrected chi connectivity index (χ3v) is 5.34. The predicted molar refractivity (Wildman–Crippen MR) is 121 cm³/mol. The summed E-state index contributed by atoms with van der Waals surface area (Å²) < 4.78 is 0. The average molecular weight is 477 g/mol. The van der Waals surface area contributed by atoms with Gasteiger partial charge in [-0.15, -0.1) is 0 Å². The molecule has 0 aromatic carbocycles. The molecule has 0 heterocycles. The molecule has 3 amide bonds. The van der Waals surface area contributed by atoms with Gasteiger partial charge in [-0.1, -0.05) is 34.1 Å². The second kappa shape index (κ2) is 14.7. The van der Waals surface area contributed by atoms with Gasteiger partial charge in [0.15, 0.2) is 0 Å². The largest absolute Gasteiger partial charge is 0.481 e. The van der Waals surface area contributed by atoms with Crippen molar-refractivity contribution in [2.45, 2.75) is 77.5 Å². The smallest absolute Gasteiger partial charge is 0.326 e. The van der Waals surface area contributed by atoms with Crippen LogP contribution in [0.5, 0.6) is 0 Å². The number of hydrogen-bond donors (Lipinski definition) is 7. The molecule has 0 aromatic heterocycles. The summed E-state index contributed by atoms with van der Waals surface area (Å²) in [7, 11) is 0. The Morgan fingerprint density at radius 1 is 0.875 bits per heavy atom. The first-order valence-corrected chi connectivity index (χ1v) is 11.2. The molecule has 0 aliphatic heterocycles. The number of carboxylic acid groups (broad SMARTS) is 2. The number of carbonyl (C=O) groups excluding carboxylic acids is 3. The summed E-state index contributed by atoms with van der Waals surface area (Å²) in [5.41, 5.74) is 5.87. The van der Waals surface area contributed by atoms with E-state index in [-0.39, 0.29) is 30.4 Å². The van der Waals surface area contributed by atoms with E-state index in [1.165, 1.54) is 0 Å². The van der Waals surface area contributed by atoms with Gasteiger partial charge >= 0.3 is 11.9 Å². The van der Waals surface area contributed by atoms with Crippen LogP contribution >= 0.6 is 12.6 Å². The van der Waals surface area contributed by atoms with E-state index in [2.05, 4.69) is 28.6 Å². The van der Waals surface area contributed by atoms with Crippen LogP contribution in [0.15, 0.2) is 0 Å². The molecule has 5 atom stereocenters. The quantitative estimate of drug-likeness (QED) is 0.157. The van der Waals surface area contributed by atoms with Gasteiger partial charge in [0.25, 0.3) is 0 Å². The molecule has 184 valence electrons. The number of aliphatic carboxylic acids is 2. The SMILES string of the molecule is CCC(C)C(N)C(=O)NC(CS)C(=O)NC(CCC(=O)O)C(=O)NC(CC(C)C)C(=O)O. The van der Waals surface area contributed by atoms with Crippen LogP contribution in [0.1, 0.15) is 53.4 Å². The molecule has 0 fully saturated rings. The van der Waals surface area contributed by atoms with Crippen LogP contribution in [0.3, 0.4) is 0 Å². The normalized spacial score (nSPS) is 15.7. The van der Waals surface area contributed by atoms with Gasteiger partial charge in [-0.05, 0) is 24.7 Å². The molecule has 0 aliphatic carbocycles. The monoisotopic (exact) mass is 476 g/mol. The lowest BCUT2D eigenvalue weighted by atomic mass is 9.99. The zero-order valence-electron chi connectivity index (χ0n) is 19.0. The second-order valence-corrected chi connectivity index (χ2v) is 8.54. The third kappa shape index (κ3) is 10.8. The van der Waals surface area contributed by atoms with Crippen molar-refractivity contribution in [2.24, 2.45) is 17.6 Å². The van der Waals surface area contributed by atoms with E-state index in [1.807, 2.05) is 6.92 Å².